The molecule has 0 spiro atoms. The van der Waals surface area contributed by atoms with Crippen LogP contribution in [0, 0.1) is 0 Å². The van der Waals surface area contributed by atoms with Crippen molar-refractivity contribution in [1.29, 1.82) is 0 Å². The molecule has 0 fully saturated rings. The lowest BCUT2D eigenvalue weighted by molar-refractivity contribution is 0.669. The van der Waals surface area contributed by atoms with E-state index in [1.165, 1.54) is 37.8 Å². The second-order valence-corrected chi connectivity index (χ2v) is 12.2. The first-order chi connectivity index (χ1) is 23.3. The van der Waals surface area contributed by atoms with Crippen LogP contribution in [-0.2, 0) is 0 Å². The van der Waals surface area contributed by atoms with E-state index in [1.807, 2.05) is 0 Å². The molecule has 0 radical (unpaired) electrons. The maximum atomic E-state index is 6.52. The van der Waals surface area contributed by atoms with Crippen LogP contribution in [0.1, 0.15) is 0 Å². The number of fused-ring (bicyclic) bond motifs is 10. The van der Waals surface area contributed by atoms with Crippen LogP contribution in [0.3, 0.4) is 0 Å². The van der Waals surface area contributed by atoms with Gasteiger partial charge in [0.1, 0.15) is 11.2 Å². The third-order valence-electron chi connectivity index (χ3n) is 9.53. The van der Waals surface area contributed by atoms with Crippen LogP contribution < -0.4 is 4.90 Å². The Balaban J connectivity index is 1.24. The molecule has 3 heteroatoms. The number of rotatable bonds is 4. The van der Waals surface area contributed by atoms with Crippen molar-refractivity contribution < 1.29 is 4.42 Å². The number of anilines is 3. The first kappa shape index (κ1) is 26.0. The molecule has 0 aliphatic carbocycles. The minimum Gasteiger partial charge on any atom is -0.456 e. The summed E-state index contributed by atoms with van der Waals surface area (Å²) in [7, 11) is 0. The minimum atomic E-state index is 0.876. The Kier molecular flexibility index (Phi) is 5.57. The fourth-order valence-electron chi connectivity index (χ4n) is 7.45. The lowest BCUT2D eigenvalue weighted by Crippen LogP contribution is -2.09. The summed E-state index contributed by atoms with van der Waals surface area (Å²) in [6.07, 6.45) is 0. The van der Waals surface area contributed by atoms with Crippen LogP contribution in [0.5, 0.6) is 0 Å². The van der Waals surface area contributed by atoms with Gasteiger partial charge in [0.15, 0.2) is 0 Å². The van der Waals surface area contributed by atoms with Gasteiger partial charge in [-0.2, -0.15) is 0 Å². The van der Waals surface area contributed by atoms with Gasteiger partial charge in [0.2, 0.25) is 0 Å². The molecule has 0 saturated carbocycles. The number of para-hydroxylation sites is 2. The van der Waals surface area contributed by atoms with Gasteiger partial charge in [0, 0.05) is 55.7 Å². The highest BCUT2D eigenvalue weighted by atomic mass is 16.3. The summed E-state index contributed by atoms with van der Waals surface area (Å²) in [6.45, 7) is 0. The number of nitrogens with zero attached hydrogens (tertiary/aromatic N) is 2. The van der Waals surface area contributed by atoms with Crippen molar-refractivity contribution in [2.45, 2.75) is 0 Å². The fourth-order valence-corrected chi connectivity index (χ4v) is 7.45. The predicted molar refractivity (Wildman–Crippen MR) is 198 cm³/mol. The summed E-state index contributed by atoms with van der Waals surface area (Å²) < 4.78 is 8.94. The molecule has 0 aliphatic rings. The van der Waals surface area contributed by atoms with E-state index in [1.54, 1.807) is 0 Å². The van der Waals surface area contributed by atoms with Crippen molar-refractivity contribution in [1.82, 2.24) is 4.57 Å². The molecule has 0 saturated heterocycles. The van der Waals surface area contributed by atoms with E-state index in [0.29, 0.717) is 0 Å². The van der Waals surface area contributed by atoms with E-state index in [4.69, 9.17) is 4.42 Å². The zero-order chi connectivity index (χ0) is 30.9. The molecule has 47 heavy (non-hydrogen) atoms. The second-order valence-electron chi connectivity index (χ2n) is 12.2. The molecule has 0 aliphatic heterocycles. The Morgan fingerprint density at radius 1 is 0.404 bits per heavy atom. The van der Waals surface area contributed by atoms with Crippen LogP contribution in [0.4, 0.5) is 17.1 Å². The summed E-state index contributed by atoms with van der Waals surface area (Å²) in [5.41, 5.74) is 8.52. The van der Waals surface area contributed by atoms with Crippen LogP contribution in [0.15, 0.2) is 174 Å². The van der Waals surface area contributed by atoms with Gasteiger partial charge in [-0.25, -0.2) is 0 Å². The van der Waals surface area contributed by atoms with Crippen molar-refractivity contribution in [3.05, 3.63) is 170 Å². The van der Waals surface area contributed by atoms with Gasteiger partial charge in [0.25, 0.3) is 0 Å². The molecular formula is C44H28N2O. The van der Waals surface area contributed by atoms with Gasteiger partial charge < -0.3 is 13.9 Å². The number of furan rings is 1. The van der Waals surface area contributed by atoms with Gasteiger partial charge in [-0.3, -0.25) is 0 Å². The number of aromatic nitrogens is 1. The maximum Gasteiger partial charge on any atom is 0.137 e. The molecule has 0 atom stereocenters. The zero-order valence-electron chi connectivity index (χ0n) is 25.5. The first-order valence-electron chi connectivity index (χ1n) is 16.0. The number of hydrogen-bond donors (Lipinski definition) is 0. The van der Waals surface area contributed by atoms with Gasteiger partial charge in [-0.1, -0.05) is 109 Å². The molecule has 10 aromatic rings. The quantitative estimate of drug-likeness (QED) is 0.200. The molecule has 2 heterocycles. The van der Waals surface area contributed by atoms with Gasteiger partial charge in [-0.15, -0.1) is 0 Å². The Bertz CT molecular complexity index is 2790. The van der Waals surface area contributed by atoms with Gasteiger partial charge in [0.05, 0.1) is 11.0 Å². The molecule has 0 amide bonds. The van der Waals surface area contributed by atoms with Crippen molar-refractivity contribution in [3.8, 4) is 5.69 Å². The van der Waals surface area contributed by atoms with Crippen LogP contribution in [0.25, 0.3) is 71.0 Å². The third-order valence-corrected chi connectivity index (χ3v) is 9.53. The Labute approximate surface area is 271 Å². The van der Waals surface area contributed by atoms with E-state index in [2.05, 4.69) is 179 Å². The molecule has 3 nitrogen and oxygen atoms in total. The van der Waals surface area contributed by atoms with Crippen molar-refractivity contribution >= 4 is 82.4 Å². The highest BCUT2D eigenvalue weighted by molar-refractivity contribution is 6.20. The first-order valence-corrected chi connectivity index (χ1v) is 16.0. The molecule has 2 aromatic heterocycles. The summed E-state index contributed by atoms with van der Waals surface area (Å²) in [6, 6.07) is 60.7. The molecule has 220 valence electrons. The maximum absolute atomic E-state index is 6.52. The lowest BCUT2D eigenvalue weighted by Gasteiger charge is -2.25. The van der Waals surface area contributed by atoms with Crippen LogP contribution in [0.2, 0.25) is 0 Å². The highest BCUT2D eigenvalue weighted by Gasteiger charge is 2.20. The van der Waals surface area contributed by atoms with Crippen molar-refractivity contribution in [2.24, 2.45) is 0 Å². The molecule has 0 unspecified atom stereocenters. The van der Waals surface area contributed by atoms with Gasteiger partial charge >= 0.3 is 0 Å². The summed E-state index contributed by atoms with van der Waals surface area (Å²) >= 11 is 0. The molecule has 8 aromatic carbocycles. The molecule has 0 N–H and O–H groups in total. The summed E-state index contributed by atoms with van der Waals surface area (Å²) in [5.74, 6) is 0. The SMILES string of the molecule is c1ccc(N(c2ccc3c(c2)oc2ccc4ccccc4c23)c2ccc3c4ccc5ccccc5c4n(-c4ccccc4)c3c2)cc1. The smallest absolute Gasteiger partial charge is 0.137 e. The standard InChI is InChI=1S/C44H28N2O/c1-3-13-31(14-4-1)45(34-22-25-39-42(28-34)47-41-26-20-29-11-7-9-17-35(29)43(39)41)33-21-24-37-38-23-19-30-12-8-10-18-36(30)44(38)46(40(37)27-33)32-15-5-2-6-16-32/h1-28H. The molecule has 0 bridgehead atoms. The van der Waals surface area contributed by atoms with E-state index < -0.39 is 0 Å². The van der Waals surface area contributed by atoms with Crippen molar-refractivity contribution in [3.63, 3.8) is 0 Å². The summed E-state index contributed by atoms with van der Waals surface area (Å²) in [5, 5.41) is 9.67. The van der Waals surface area contributed by atoms with Crippen molar-refractivity contribution in [2.75, 3.05) is 4.90 Å². The monoisotopic (exact) mass is 600 g/mol. The fraction of sp³-hybridized carbons (Fsp3) is 0. The lowest BCUT2D eigenvalue weighted by atomic mass is 10.0. The number of benzene rings is 8. The second kappa shape index (κ2) is 10.1. The minimum absolute atomic E-state index is 0.876. The third kappa shape index (κ3) is 3.93. The van der Waals surface area contributed by atoms with E-state index in [-0.39, 0.29) is 0 Å². The molecular weight excluding hydrogens is 572 g/mol. The Morgan fingerprint density at radius 2 is 1.02 bits per heavy atom. The highest BCUT2D eigenvalue weighted by Crippen LogP contribution is 2.43. The zero-order valence-corrected chi connectivity index (χ0v) is 25.5. The normalized spacial score (nSPS) is 11.8. The van der Waals surface area contributed by atoms with Crippen LogP contribution in [-0.4, -0.2) is 4.57 Å². The van der Waals surface area contributed by atoms with E-state index in [0.717, 1.165) is 50.2 Å². The van der Waals surface area contributed by atoms with E-state index >= 15 is 0 Å². The van der Waals surface area contributed by atoms with Gasteiger partial charge in [-0.05, 0) is 70.8 Å². The largest absolute Gasteiger partial charge is 0.456 e. The Morgan fingerprint density at radius 3 is 1.83 bits per heavy atom. The van der Waals surface area contributed by atoms with E-state index in [9.17, 15) is 0 Å². The average Bonchev–Trinajstić information content (AvgIpc) is 3.68. The number of hydrogen-bond acceptors (Lipinski definition) is 2. The predicted octanol–water partition coefficient (Wildman–Crippen LogP) is 12.5. The topological polar surface area (TPSA) is 21.3 Å². The Hall–Kier alpha value is -6.32. The summed E-state index contributed by atoms with van der Waals surface area (Å²) in [4.78, 5) is 2.33. The molecule has 10 rings (SSSR count). The van der Waals surface area contributed by atoms with Crippen LogP contribution >= 0.6 is 0 Å². The average molecular weight is 601 g/mol.